The lowest BCUT2D eigenvalue weighted by molar-refractivity contribution is 0.0793. The Hall–Kier alpha value is -0.520. The van der Waals surface area contributed by atoms with Crippen LogP contribution in [-0.4, -0.2) is 0 Å². The van der Waals surface area contributed by atoms with E-state index in [-0.39, 0.29) is 0 Å². The van der Waals surface area contributed by atoms with Crippen LogP contribution in [-0.2, 0) is 0 Å². The third-order valence-electron chi connectivity index (χ3n) is 6.25. The molecule has 3 aliphatic carbocycles. The third-order valence-corrected chi connectivity index (χ3v) is 6.25. The number of hydrogen-bond acceptors (Lipinski definition) is 0. The van der Waals surface area contributed by atoms with Crippen molar-refractivity contribution in [1.82, 2.24) is 0 Å². The Morgan fingerprint density at radius 2 is 1.68 bits per heavy atom. The van der Waals surface area contributed by atoms with Gasteiger partial charge in [0.05, 0.1) is 0 Å². The highest BCUT2D eigenvalue weighted by atomic mass is 14.5. The van der Waals surface area contributed by atoms with Crippen LogP contribution in [0.2, 0.25) is 0 Å². The zero-order chi connectivity index (χ0) is 13.4. The normalized spacial score (nSPS) is 45.7. The van der Waals surface area contributed by atoms with Crippen molar-refractivity contribution in [3.05, 3.63) is 24.3 Å². The van der Waals surface area contributed by atoms with E-state index in [2.05, 4.69) is 45.1 Å². The predicted octanol–water partition coefficient (Wildman–Crippen LogP) is 5.46. The molecule has 0 radical (unpaired) electrons. The zero-order valence-electron chi connectivity index (χ0n) is 12.9. The Labute approximate surface area is 119 Å². The number of rotatable bonds is 2. The lowest BCUT2D eigenvalue weighted by Gasteiger charge is -2.42. The summed E-state index contributed by atoms with van der Waals surface area (Å²) < 4.78 is 0. The lowest BCUT2D eigenvalue weighted by Crippen LogP contribution is -2.35. The second-order valence-corrected chi connectivity index (χ2v) is 7.74. The predicted molar refractivity (Wildman–Crippen MR) is 82.8 cm³/mol. The zero-order valence-corrected chi connectivity index (χ0v) is 12.9. The van der Waals surface area contributed by atoms with E-state index in [0.29, 0.717) is 0 Å². The van der Waals surface area contributed by atoms with E-state index in [1.807, 2.05) is 0 Å². The van der Waals surface area contributed by atoms with Gasteiger partial charge in [-0.2, -0.15) is 0 Å². The van der Waals surface area contributed by atoms with Crippen molar-refractivity contribution >= 4 is 0 Å². The summed E-state index contributed by atoms with van der Waals surface area (Å²) in [6.45, 7) is 7.39. The first-order chi connectivity index (χ1) is 9.16. The van der Waals surface area contributed by atoms with E-state index in [1.54, 1.807) is 0 Å². The Kier molecular flexibility index (Phi) is 3.87. The van der Waals surface area contributed by atoms with E-state index in [0.717, 1.165) is 41.4 Å². The topological polar surface area (TPSA) is 0 Å². The quantitative estimate of drug-likeness (QED) is 0.616. The molecule has 0 aromatic rings. The van der Waals surface area contributed by atoms with Crippen molar-refractivity contribution in [2.45, 2.75) is 52.9 Å². The molecule has 0 bridgehead atoms. The van der Waals surface area contributed by atoms with E-state index >= 15 is 0 Å². The van der Waals surface area contributed by atoms with Crippen molar-refractivity contribution in [2.75, 3.05) is 0 Å². The monoisotopic (exact) mass is 258 g/mol. The van der Waals surface area contributed by atoms with Gasteiger partial charge in [-0.3, -0.25) is 0 Å². The maximum absolute atomic E-state index is 2.53. The highest BCUT2D eigenvalue weighted by Gasteiger charge is 2.43. The van der Waals surface area contributed by atoms with Crippen LogP contribution in [0.5, 0.6) is 0 Å². The van der Waals surface area contributed by atoms with Crippen molar-refractivity contribution in [3.63, 3.8) is 0 Å². The fourth-order valence-corrected chi connectivity index (χ4v) is 5.26. The number of hydrogen-bond donors (Lipinski definition) is 0. The van der Waals surface area contributed by atoms with E-state index < -0.39 is 0 Å². The molecule has 0 amide bonds. The van der Waals surface area contributed by atoms with Crippen molar-refractivity contribution in [1.29, 1.82) is 0 Å². The highest BCUT2D eigenvalue weighted by molar-refractivity contribution is 5.18. The van der Waals surface area contributed by atoms with Crippen LogP contribution in [0.25, 0.3) is 0 Å². The summed E-state index contributed by atoms with van der Waals surface area (Å²) in [6, 6.07) is 0. The van der Waals surface area contributed by atoms with Gasteiger partial charge in [0, 0.05) is 0 Å². The molecule has 0 heterocycles. The van der Waals surface area contributed by atoms with E-state index in [4.69, 9.17) is 0 Å². The van der Waals surface area contributed by atoms with Crippen LogP contribution in [0.15, 0.2) is 24.3 Å². The minimum Gasteiger partial charge on any atom is -0.0808 e. The van der Waals surface area contributed by atoms with Gasteiger partial charge in [-0.05, 0) is 67.1 Å². The summed E-state index contributed by atoms with van der Waals surface area (Å²) in [5.41, 5.74) is 0. The molecule has 2 fully saturated rings. The second kappa shape index (κ2) is 5.46. The van der Waals surface area contributed by atoms with Crippen LogP contribution in [0.3, 0.4) is 0 Å². The summed E-state index contributed by atoms with van der Waals surface area (Å²) in [7, 11) is 0. The number of fused-ring (bicyclic) bond motifs is 1. The van der Waals surface area contributed by atoms with Crippen LogP contribution in [0.4, 0.5) is 0 Å². The average Bonchev–Trinajstić information content (AvgIpc) is 2.82. The summed E-state index contributed by atoms with van der Waals surface area (Å²) in [5, 5.41) is 0. The molecule has 19 heavy (non-hydrogen) atoms. The fraction of sp³-hybridized carbons (Fsp3) is 0.789. The molecular formula is C19H30. The van der Waals surface area contributed by atoms with Crippen LogP contribution >= 0.6 is 0 Å². The Balaban J connectivity index is 1.78. The molecule has 0 aliphatic heterocycles. The minimum absolute atomic E-state index is 0.861. The molecule has 3 aliphatic rings. The van der Waals surface area contributed by atoms with E-state index in [1.165, 1.54) is 32.1 Å². The molecule has 0 saturated heterocycles. The standard InChI is InChI=1S/C19H30/c1-13(2)16-10-8-14(3)12-19(16)18-11-9-15-6-4-5-7-17(15)18/h4-7,13-19H,8-12H2,1-3H3. The Morgan fingerprint density at radius 3 is 2.47 bits per heavy atom. The van der Waals surface area contributed by atoms with E-state index in [9.17, 15) is 0 Å². The van der Waals surface area contributed by atoms with Gasteiger partial charge in [0.25, 0.3) is 0 Å². The molecule has 0 nitrogen and oxygen atoms in total. The Bertz CT molecular complexity index is 362. The largest absolute Gasteiger partial charge is 0.0808 e. The van der Waals surface area contributed by atoms with Gasteiger partial charge < -0.3 is 0 Å². The molecule has 6 atom stereocenters. The molecular weight excluding hydrogens is 228 g/mol. The summed E-state index contributed by atoms with van der Waals surface area (Å²) in [4.78, 5) is 0. The van der Waals surface area contributed by atoms with Gasteiger partial charge in [0.1, 0.15) is 0 Å². The summed E-state index contributed by atoms with van der Waals surface area (Å²) in [5.74, 6) is 6.51. The van der Waals surface area contributed by atoms with Gasteiger partial charge in [0.2, 0.25) is 0 Å². The highest BCUT2D eigenvalue weighted by Crippen LogP contribution is 2.51. The van der Waals surface area contributed by atoms with Crippen LogP contribution in [0.1, 0.15) is 52.9 Å². The van der Waals surface area contributed by atoms with Gasteiger partial charge in [-0.1, -0.05) is 51.5 Å². The summed E-state index contributed by atoms with van der Waals surface area (Å²) >= 11 is 0. The molecule has 3 rings (SSSR count). The van der Waals surface area contributed by atoms with Gasteiger partial charge in [-0.25, -0.2) is 0 Å². The van der Waals surface area contributed by atoms with Crippen LogP contribution < -0.4 is 0 Å². The molecule has 0 N–H and O–H groups in total. The first kappa shape index (κ1) is 13.5. The minimum atomic E-state index is 0.861. The molecule has 0 heteroatoms. The summed E-state index contributed by atoms with van der Waals surface area (Å²) in [6.07, 6.45) is 16.9. The Morgan fingerprint density at radius 1 is 0.895 bits per heavy atom. The maximum atomic E-state index is 2.53. The molecule has 6 unspecified atom stereocenters. The van der Waals surface area contributed by atoms with Crippen LogP contribution in [0, 0.1) is 41.4 Å². The van der Waals surface area contributed by atoms with Crippen molar-refractivity contribution in [3.8, 4) is 0 Å². The van der Waals surface area contributed by atoms with Crippen molar-refractivity contribution < 1.29 is 0 Å². The number of allylic oxidation sites excluding steroid dienone is 4. The molecule has 2 saturated carbocycles. The fourth-order valence-electron chi connectivity index (χ4n) is 5.26. The first-order valence-electron chi connectivity index (χ1n) is 8.51. The molecule has 106 valence electrons. The van der Waals surface area contributed by atoms with Gasteiger partial charge >= 0.3 is 0 Å². The first-order valence-corrected chi connectivity index (χ1v) is 8.51. The molecule has 0 aromatic carbocycles. The van der Waals surface area contributed by atoms with Gasteiger partial charge in [0.15, 0.2) is 0 Å². The second-order valence-electron chi connectivity index (χ2n) is 7.74. The molecule has 0 spiro atoms. The lowest BCUT2D eigenvalue weighted by atomic mass is 9.63. The molecule has 0 aromatic heterocycles. The average molecular weight is 258 g/mol. The SMILES string of the molecule is CC1CCC(C(C)C)C(C2CCC3C=CC=CC32)C1. The van der Waals surface area contributed by atoms with Crippen molar-refractivity contribution in [2.24, 2.45) is 41.4 Å². The smallest absolute Gasteiger partial charge is 0.0136 e. The maximum Gasteiger partial charge on any atom is -0.0136 e. The third kappa shape index (κ3) is 2.56. The van der Waals surface area contributed by atoms with Gasteiger partial charge in [-0.15, -0.1) is 0 Å².